The Morgan fingerprint density at radius 1 is 1.44 bits per heavy atom. The van der Waals surface area contributed by atoms with Crippen LogP contribution >= 0.6 is 11.6 Å². The van der Waals surface area contributed by atoms with Gasteiger partial charge in [-0.15, -0.1) is 10.2 Å². The molecule has 1 N–H and O–H groups in total. The van der Waals surface area contributed by atoms with Gasteiger partial charge in [-0.3, -0.25) is 4.57 Å². The van der Waals surface area contributed by atoms with Crippen LogP contribution in [0, 0.1) is 6.92 Å². The first-order valence-electron chi connectivity index (χ1n) is 5.02. The first-order chi connectivity index (χ1) is 7.72. The van der Waals surface area contributed by atoms with Gasteiger partial charge in [-0.05, 0) is 31.7 Å². The summed E-state index contributed by atoms with van der Waals surface area (Å²) in [5.74, 6) is 0.868. The molecular weight excluding hydrogens is 224 g/mol. The normalized spacial score (nSPS) is 10.7. The number of halogens is 1. The van der Waals surface area contributed by atoms with Gasteiger partial charge < -0.3 is 5.32 Å². The summed E-state index contributed by atoms with van der Waals surface area (Å²) < 4.78 is 1.94. The summed E-state index contributed by atoms with van der Waals surface area (Å²) in [6.07, 6.45) is 1.70. The van der Waals surface area contributed by atoms with Crippen LogP contribution in [0.1, 0.15) is 11.4 Å². The van der Waals surface area contributed by atoms with E-state index in [1.54, 1.807) is 6.33 Å². The van der Waals surface area contributed by atoms with Crippen LogP contribution < -0.4 is 5.32 Å². The Labute approximate surface area is 99.3 Å². The molecule has 84 valence electrons. The smallest absolute Gasteiger partial charge is 0.151 e. The molecule has 4 nitrogen and oxygen atoms in total. The molecule has 0 aliphatic heterocycles. The number of hydrogen-bond acceptors (Lipinski definition) is 3. The lowest BCUT2D eigenvalue weighted by atomic mass is 10.2. The maximum Gasteiger partial charge on any atom is 0.151 e. The molecule has 0 unspecified atom stereocenters. The molecule has 0 aliphatic carbocycles. The standard InChI is InChI=1S/C11H13ClN4/c1-8-3-4-9(12)5-10(8)16-7-14-15-11(16)6-13-2/h3-5,7,13H,6H2,1-2H3. The number of aryl methyl sites for hydroxylation is 1. The molecule has 5 heteroatoms. The molecule has 0 spiro atoms. The Hall–Kier alpha value is -1.39. The van der Waals surface area contributed by atoms with Gasteiger partial charge in [0.05, 0.1) is 12.2 Å². The third kappa shape index (κ3) is 2.08. The van der Waals surface area contributed by atoms with Crippen LogP contribution in [0.3, 0.4) is 0 Å². The fourth-order valence-corrected chi connectivity index (χ4v) is 1.75. The van der Waals surface area contributed by atoms with E-state index in [1.807, 2.05) is 36.7 Å². The third-order valence-electron chi connectivity index (χ3n) is 2.38. The first kappa shape index (κ1) is 11.1. The van der Waals surface area contributed by atoms with Crippen molar-refractivity contribution < 1.29 is 0 Å². The molecule has 0 fully saturated rings. The van der Waals surface area contributed by atoms with Gasteiger partial charge >= 0.3 is 0 Å². The molecule has 0 saturated heterocycles. The minimum atomic E-state index is 0.673. The van der Waals surface area contributed by atoms with E-state index < -0.39 is 0 Å². The number of benzene rings is 1. The minimum Gasteiger partial charge on any atom is -0.313 e. The molecule has 1 heterocycles. The summed E-state index contributed by atoms with van der Waals surface area (Å²) in [6, 6.07) is 5.78. The van der Waals surface area contributed by atoms with Crippen LogP contribution in [0.2, 0.25) is 5.02 Å². The molecule has 0 atom stereocenters. The predicted molar refractivity (Wildman–Crippen MR) is 63.9 cm³/mol. The molecule has 0 amide bonds. The average molecular weight is 237 g/mol. The van der Waals surface area contributed by atoms with Gasteiger partial charge in [0.1, 0.15) is 6.33 Å². The molecular formula is C11H13ClN4. The zero-order chi connectivity index (χ0) is 11.5. The number of aromatic nitrogens is 3. The van der Waals surface area contributed by atoms with Crippen LogP contribution in [0.4, 0.5) is 0 Å². The highest BCUT2D eigenvalue weighted by Crippen LogP contribution is 2.20. The summed E-state index contributed by atoms with van der Waals surface area (Å²) in [5, 5.41) is 11.7. The van der Waals surface area contributed by atoms with Crippen LogP contribution in [0.5, 0.6) is 0 Å². The largest absolute Gasteiger partial charge is 0.313 e. The number of rotatable bonds is 3. The predicted octanol–water partition coefficient (Wildman–Crippen LogP) is 1.95. The highest BCUT2D eigenvalue weighted by Gasteiger charge is 2.08. The van der Waals surface area contributed by atoms with Crippen molar-refractivity contribution in [3.63, 3.8) is 0 Å². The van der Waals surface area contributed by atoms with Crippen LogP contribution in [0.25, 0.3) is 5.69 Å². The lowest BCUT2D eigenvalue weighted by Crippen LogP contribution is -2.11. The Kier molecular flexibility index (Phi) is 3.22. The van der Waals surface area contributed by atoms with E-state index in [1.165, 1.54) is 0 Å². The van der Waals surface area contributed by atoms with Crippen molar-refractivity contribution in [2.45, 2.75) is 13.5 Å². The highest BCUT2D eigenvalue weighted by atomic mass is 35.5. The second-order valence-corrected chi connectivity index (χ2v) is 4.01. The molecule has 2 rings (SSSR count). The van der Waals surface area contributed by atoms with Gasteiger partial charge in [0.25, 0.3) is 0 Å². The summed E-state index contributed by atoms with van der Waals surface area (Å²) in [5.41, 5.74) is 2.16. The Balaban J connectivity index is 2.49. The topological polar surface area (TPSA) is 42.7 Å². The molecule has 0 radical (unpaired) electrons. The fraction of sp³-hybridized carbons (Fsp3) is 0.273. The zero-order valence-corrected chi connectivity index (χ0v) is 9.99. The van der Waals surface area contributed by atoms with Crippen LogP contribution in [0.15, 0.2) is 24.5 Å². The van der Waals surface area contributed by atoms with E-state index in [9.17, 15) is 0 Å². The fourth-order valence-electron chi connectivity index (χ4n) is 1.58. The van der Waals surface area contributed by atoms with E-state index >= 15 is 0 Å². The quantitative estimate of drug-likeness (QED) is 0.886. The van der Waals surface area contributed by atoms with Crippen LogP contribution in [-0.2, 0) is 6.54 Å². The maximum absolute atomic E-state index is 5.99. The lowest BCUT2D eigenvalue weighted by molar-refractivity contribution is 0.736. The second-order valence-electron chi connectivity index (χ2n) is 3.58. The molecule has 1 aromatic carbocycles. The van der Waals surface area contributed by atoms with E-state index in [0.29, 0.717) is 11.6 Å². The highest BCUT2D eigenvalue weighted by molar-refractivity contribution is 6.30. The van der Waals surface area contributed by atoms with E-state index in [2.05, 4.69) is 15.5 Å². The summed E-state index contributed by atoms with van der Waals surface area (Å²) in [6.45, 7) is 2.71. The number of nitrogens with one attached hydrogen (secondary N) is 1. The SMILES string of the molecule is CNCc1nncn1-c1cc(Cl)ccc1C. The van der Waals surface area contributed by atoms with Crippen LogP contribution in [-0.4, -0.2) is 21.8 Å². The second kappa shape index (κ2) is 4.63. The Morgan fingerprint density at radius 3 is 3.00 bits per heavy atom. The van der Waals surface area contributed by atoms with Gasteiger partial charge in [0.15, 0.2) is 5.82 Å². The zero-order valence-electron chi connectivity index (χ0n) is 9.24. The van der Waals surface area contributed by atoms with Crippen molar-refractivity contribution in [3.8, 4) is 5.69 Å². The van der Waals surface area contributed by atoms with Crippen molar-refractivity contribution in [2.24, 2.45) is 0 Å². The molecule has 2 aromatic rings. The molecule has 0 aliphatic rings. The van der Waals surface area contributed by atoms with E-state index in [-0.39, 0.29) is 0 Å². The molecule has 0 bridgehead atoms. The summed E-state index contributed by atoms with van der Waals surface area (Å²) >= 11 is 5.99. The van der Waals surface area contributed by atoms with Gasteiger partial charge in [-0.25, -0.2) is 0 Å². The van der Waals surface area contributed by atoms with Crippen molar-refractivity contribution in [2.75, 3.05) is 7.05 Å². The van der Waals surface area contributed by atoms with Gasteiger partial charge in [0.2, 0.25) is 0 Å². The molecule has 0 saturated carbocycles. The van der Waals surface area contributed by atoms with E-state index in [4.69, 9.17) is 11.6 Å². The van der Waals surface area contributed by atoms with Crippen molar-refractivity contribution in [3.05, 3.63) is 40.9 Å². The van der Waals surface area contributed by atoms with Gasteiger partial charge in [-0.1, -0.05) is 17.7 Å². The molecule has 1 aromatic heterocycles. The van der Waals surface area contributed by atoms with Crippen molar-refractivity contribution in [1.29, 1.82) is 0 Å². The minimum absolute atomic E-state index is 0.673. The van der Waals surface area contributed by atoms with Crippen molar-refractivity contribution in [1.82, 2.24) is 20.1 Å². The Bertz CT molecular complexity index is 492. The lowest BCUT2D eigenvalue weighted by Gasteiger charge is -2.09. The maximum atomic E-state index is 5.99. The number of nitrogens with zero attached hydrogens (tertiary/aromatic N) is 3. The Morgan fingerprint density at radius 2 is 2.25 bits per heavy atom. The monoisotopic (exact) mass is 236 g/mol. The summed E-state index contributed by atoms with van der Waals surface area (Å²) in [4.78, 5) is 0. The summed E-state index contributed by atoms with van der Waals surface area (Å²) in [7, 11) is 1.88. The van der Waals surface area contributed by atoms with Crippen molar-refractivity contribution >= 4 is 11.6 Å². The van der Waals surface area contributed by atoms with Gasteiger partial charge in [0, 0.05) is 5.02 Å². The van der Waals surface area contributed by atoms with Gasteiger partial charge in [-0.2, -0.15) is 0 Å². The first-order valence-corrected chi connectivity index (χ1v) is 5.40. The number of hydrogen-bond donors (Lipinski definition) is 1. The van der Waals surface area contributed by atoms with E-state index in [0.717, 1.165) is 17.1 Å². The average Bonchev–Trinajstić information content (AvgIpc) is 2.70. The third-order valence-corrected chi connectivity index (χ3v) is 2.62. The molecule has 16 heavy (non-hydrogen) atoms.